The van der Waals surface area contributed by atoms with Crippen molar-refractivity contribution in [1.29, 1.82) is 0 Å². The van der Waals surface area contributed by atoms with Crippen molar-refractivity contribution >= 4 is 22.7 Å². The Balaban J connectivity index is 1.78. The Morgan fingerprint density at radius 2 is 1.88 bits per heavy atom. The van der Waals surface area contributed by atoms with Crippen LogP contribution in [-0.2, 0) is 9.59 Å². The van der Waals surface area contributed by atoms with Gasteiger partial charge in [-0.25, -0.2) is 0 Å². The molecule has 170 valence electrons. The minimum Gasteiger partial charge on any atom is -0.497 e. The summed E-state index contributed by atoms with van der Waals surface area (Å²) < 4.78 is 5.30. The molecule has 0 fully saturated rings. The predicted octanol–water partition coefficient (Wildman–Crippen LogP) is 3.01. The molecule has 0 aliphatic rings. The molecule has 0 radical (unpaired) electrons. The summed E-state index contributed by atoms with van der Waals surface area (Å²) in [5.41, 5.74) is 8.60. The van der Waals surface area contributed by atoms with Crippen molar-refractivity contribution in [3.63, 3.8) is 0 Å². The van der Waals surface area contributed by atoms with Gasteiger partial charge < -0.3 is 20.8 Å². The number of nitrogens with two attached hydrogens (primary N) is 1. The lowest BCUT2D eigenvalue weighted by Crippen LogP contribution is -2.42. The third-order valence-electron chi connectivity index (χ3n) is 5.59. The van der Waals surface area contributed by atoms with Crippen molar-refractivity contribution in [1.82, 2.24) is 15.2 Å². The van der Waals surface area contributed by atoms with E-state index in [0.29, 0.717) is 13.1 Å². The number of amides is 2. The second-order valence-corrected chi connectivity index (χ2v) is 7.95. The minimum absolute atomic E-state index is 0.0405. The average molecular weight is 437 g/mol. The van der Waals surface area contributed by atoms with Crippen LogP contribution in [0.25, 0.3) is 10.9 Å². The maximum atomic E-state index is 12.7. The molecule has 0 spiro atoms. The first-order valence-electron chi connectivity index (χ1n) is 11.0. The molecule has 2 amide bonds. The van der Waals surface area contributed by atoms with Gasteiger partial charge in [0.25, 0.3) is 0 Å². The number of para-hydroxylation sites is 1. The van der Waals surface area contributed by atoms with Gasteiger partial charge in [-0.05, 0) is 42.3 Å². The molecule has 1 aromatic heterocycles. The number of benzene rings is 2. The summed E-state index contributed by atoms with van der Waals surface area (Å²) in [5.74, 6) is 0.194. The lowest BCUT2D eigenvalue weighted by Gasteiger charge is -2.22. The van der Waals surface area contributed by atoms with Crippen LogP contribution >= 0.6 is 0 Å². The van der Waals surface area contributed by atoms with Crippen LogP contribution < -0.4 is 15.8 Å². The Morgan fingerprint density at radius 3 is 2.56 bits per heavy atom. The van der Waals surface area contributed by atoms with Gasteiger partial charge in [-0.2, -0.15) is 0 Å². The van der Waals surface area contributed by atoms with Gasteiger partial charge in [-0.1, -0.05) is 43.7 Å². The Morgan fingerprint density at radius 1 is 1.12 bits per heavy atom. The van der Waals surface area contributed by atoms with Gasteiger partial charge in [0.1, 0.15) is 5.75 Å². The van der Waals surface area contributed by atoms with E-state index >= 15 is 0 Å². The fourth-order valence-electron chi connectivity index (χ4n) is 3.92. The van der Waals surface area contributed by atoms with Crippen LogP contribution in [0.2, 0.25) is 0 Å². The van der Waals surface area contributed by atoms with Crippen LogP contribution in [0.15, 0.2) is 54.7 Å². The molecular weight excluding hydrogens is 404 g/mol. The average Bonchev–Trinajstić information content (AvgIpc) is 3.21. The summed E-state index contributed by atoms with van der Waals surface area (Å²) in [5, 5.41) is 4.19. The highest BCUT2D eigenvalue weighted by molar-refractivity contribution is 5.84. The molecule has 0 saturated heterocycles. The maximum absolute atomic E-state index is 12.7. The monoisotopic (exact) mass is 436 g/mol. The van der Waals surface area contributed by atoms with E-state index in [-0.39, 0.29) is 24.9 Å². The van der Waals surface area contributed by atoms with Gasteiger partial charge in [0.05, 0.1) is 20.2 Å². The number of hydrogen-bond donors (Lipinski definition) is 3. The summed E-state index contributed by atoms with van der Waals surface area (Å²) in [4.78, 5) is 29.2. The maximum Gasteiger partial charge on any atom is 0.234 e. The fourth-order valence-corrected chi connectivity index (χ4v) is 3.92. The summed E-state index contributed by atoms with van der Waals surface area (Å²) in [6.45, 7) is 3.40. The quantitative estimate of drug-likeness (QED) is 0.406. The number of carbonyl (C=O) groups excluding carboxylic acids is 2. The predicted molar refractivity (Wildman–Crippen MR) is 127 cm³/mol. The number of aromatic nitrogens is 1. The van der Waals surface area contributed by atoms with Crippen molar-refractivity contribution in [2.75, 3.05) is 33.3 Å². The SMILES string of the molecule is CCCCN(CC(N)=O)CC(=O)NCC(c1ccc(OC)cc1)c1c[nH]c2ccccc12. The molecule has 7 heteroatoms. The Bertz CT molecular complexity index is 1030. The highest BCUT2D eigenvalue weighted by atomic mass is 16.5. The summed E-state index contributed by atoms with van der Waals surface area (Å²) in [6, 6.07) is 16.0. The smallest absolute Gasteiger partial charge is 0.234 e. The molecule has 32 heavy (non-hydrogen) atoms. The molecule has 1 heterocycles. The second-order valence-electron chi connectivity index (χ2n) is 7.95. The van der Waals surface area contributed by atoms with E-state index in [1.54, 1.807) is 12.0 Å². The Kier molecular flexibility index (Phi) is 8.27. The van der Waals surface area contributed by atoms with Crippen LogP contribution in [0, 0.1) is 0 Å². The number of nitrogens with zero attached hydrogens (tertiary/aromatic N) is 1. The van der Waals surface area contributed by atoms with E-state index in [2.05, 4.69) is 23.3 Å². The first-order valence-corrected chi connectivity index (χ1v) is 11.0. The standard InChI is InChI=1S/C25H32N4O3/c1-3-4-13-29(16-24(26)30)17-25(31)28-14-21(18-9-11-19(32-2)12-10-18)22-15-27-23-8-6-5-7-20(22)23/h5-12,15,21,27H,3-4,13-14,16-17H2,1-2H3,(H2,26,30)(H,28,31). The number of fused-ring (bicyclic) bond motifs is 1. The molecule has 1 unspecified atom stereocenters. The van der Waals surface area contributed by atoms with Crippen LogP contribution in [-0.4, -0.2) is 55.0 Å². The van der Waals surface area contributed by atoms with Crippen LogP contribution in [0.1, 0.15) is 36.8 Å². The Hall–Kier alpha value is -3.32. The number of methoxy groups -OCH3 is 1. The number of ether oxygens (including phenoxy) is 1. The van der Waals surface area contributed by atoms with Gasteiger partial charge in [-0.15, -0.1) is 0 Å². The van der Waals surface area contributed by atoms with Gasteiger partial charge in [0.15, 0.2) is 0 Å². The number of nitrogens with one attached hydrogen (secondary N) is 2. The molecule has 2 aromatic carbocycles. The third-order valence-corrected chi connectivity index (χ3v) is 5.59. The largest absolute Gasteiger partial charge is 0.497 e. The highest BCUT2D eigenvalue weighted by Gasteiger charge is 2.20. The van der Waals surface area contributed by atoms with Gasteiger partial charge >= 0.3 is 0 Å². The second kappa shape index (κ2) is 11.3. The molecule has 1 atom stereocenters. The number of hydrogen-bond acceptors (Lipinski definition) is 4. The normalized spacial score (nSPS) is 12.1. The lowest BCUT2D eigenvalue weighted by atomic mass is 9.90. The van der Waals surface area contributed by atoms with Crippen LogP contribution in [0.4, 0.5) is 0 Å². The van der Waals surface area contributed by atoms with E-state index in [4.69, 9.17) is 10.5 Å². The molecule has 7 nitrogen and oxygen atoms in total. The Labute approximate surface area is 188 Å². The first-order chi connectivity index (χ1) is 15.5. The topological polar surface area (TPSA) is 100 Å². The summed E-state index contributed by atoms with van der Waals surface area (Å²) >= 11 is 0. The number of unbranched alkanes of at least 4 members (excludes halogenated alkanes) is 1. The molecule has 3 aromatic rings. The third kappa shape index (κ3) is 6.11. The molecule has 0 aliphatic heterocycles. The zero-order chi connectivity index (χ0) is 22.9. The first kappa shape index (κ1) is 23.3. The molecule has 0 aliphatic carbocycles. The van der Waals surface area contributed by atoms with Crippen molar-refractivity contribution in [2.45, 2.75) is 25.7 Å². The molecule has 3 rings (SSSR count). The van der Waals surface area contributed by atoms with E-state index in [1.807, 2.05) is 48.7 Å². The number of primary amides is 1. The molecular formula is C25H32N4O3. The summed E-state index contributed by atoms with van der Waals surface area (Å²) in [6.07, 6.45) is 3.90. The summed E-state index contributed by atoms with van der Waals surface area (Å²) in [7, 11) is 1.64. The van der Waals surface area contributed by atoms with E-state index in [9.17, 15) is 9.59 Å². The van der Waals surface area contributed by atoms with E-state index in [1.165, 1.54) is 0 Å². The van der Waals surface area contributed by atoms with Crippen LogP contribution in [0.3, 0.4) is 0 Å². The number of carbonyl (C=O) groups is 2. The zero-order valence-corrected chi connectivity index (χ0v) is 18.8. The van der Waals surface area contributed by atoms with Crippen molar-refractivity contribution < 1.29 is 14.3 Å². The van der Waals surface area contributed by atoms with Crippen LogP contribution in [0.5, 0.6) is 5.75 Å². The zero-order valence-electron chi connectivity index (χ0n) is 18.8. The minimum atomic E-state index is -0.427. The van der Waals surface area contributed by atoms with Gasteiger partial charge in [-0.3, -0.25) is 14.5 Å². The highest BCUT2D eigenvalue weighted by Crippen LogP contribution is 2.31. The van der Waals surface area contributed by atoms with E-state index < -0.39 is 5.91 Å². The van der Waals surface area contributed by atoms with Crippen molar-refractivity contribution in [3.05, 3.63) is 65.9 Å². The van der Waals surface area contributed by atoms with Crippen molar-refractivity contribution in [2.24, 2.45) is 5.73 Å². The van der Waals surface area contributed by atoms with Crippen molar-refractivity contribution in [3.8, 4) is 5.75 Å². The lowest BCUT2D eigenvalue weighted by molar-refractivity contribution is -0.123. The number of rotatable bonds is 12. The van der Waals surface area contributed by atoms with Gasteiger partial charge in [0, 0.05) is 29.6 Å². The molecule has 0 saturated carbocycles. The molecule has 0 bridgehead atoms. The number of aromatic amines is 1. The molecule has 4 N–H and O–H groups in total. The van der Waals surface area contributed by atoms with Gasteiger partial charge in [0.2, 0.25) is 11.8 Å². The van der Waals surface area contributed by atoms with E-state index in [0.717, 1.165) is 40.6 Å². The number of H-pyrrole nitrogens is 1. The fraction of sp³-hybridized carbons (Fsp3) is 0.360.